The normalized spacial score (nSPS) is 21.7. The summed E-state index contributed by atoms with van der Waals surface area (Å²) in [4.78, 5) is 14.8. The lowest BCUT2D eigenvalue weighted by atomic mass is 9.95. The number of rotatable bonds is 8. The van der Waals surface area contributed by atoms with Gasteiger partial charge >= 0.3 is 0 Å². The van der Waals surface area contributed by atoms with Crippen molar-refractivity contribution in [3.05, 3.63) is 88.6 Å². The summed E-state index contributed by atoms with van der Waals surface area (Å²) in [6.07, 6.45) is 2.20. The van der Waals surface area contributed by atoms with Gasteiger partial charge in [0.2, 0.25) is 15.9 Å². The molecule has 0 aliphatic carbocycles. The van der Waals surface area contributed by atoms with Gasteiger partial charge in [-0.1, -0.05) is 28.1 Å². The number of piperidine rings is 1. The van der Waals surface area contributed by atoms with E-state index in [1.54, 1.807) is 0 Å². The van der Waals surface area contributed by atoms with Crippen LogP contribution in [-0.2, 0) is 20.7 Å². The van der Waals surface area contributed by atoms with Crippen LogP contribution in [-0.4, -0.2) is 43.4 Å². The molecular formula is C28H27BrF3N3O4S. The molecule has 0 aromatic heterocycles. The number of nitrogens with two attached hydrogens (primary N) is 1. The third-order valence-corrected chi connectivity index (χ3v) is 9.29. The van der Waals surface area contributed by atoms with E-state index in [4.69, 9.17) is 10.5 Å². The summed E-state index contributed by atoms with van der Waals surface area (Å²) < 4.78 is 80.1. The number of carbonyl (C=O) groups is 1. The van der Waals surface area contributed by atoms with E-state index in [0.717, 1.165) is 12.1 Å². The van der Waals surface area contributed by atoms with Crippen molar-refractivity contribution < 1.29 is 31.1 Å². The standard InChI is InChI=1S/C28H27BrF3N3O4S/c29-18-3-1-17(2-4-18)28(31,32)26(27(36)35-21-7-8-22(35)16-20(33)15-21)34-40(37,38)25-13-11-24(12-14-25)39-23-9-5-19(30)6-10-23/h1-6,9-14,20-22,26,34H,7-8,15-16,33H2/t20?,21?,22?,26-/m1/s1. The maximum Gasteiger partial charge on any atom is 0.298 e. The van der Waals surface area contributed by atoms with Gasteiger partial charge in [0.1, 0.15) is 17.3 Å². The molecule has 2 fully saturated rings. The molecule has 5 rings (SSSR count). The summed E-state index contributed by atoms with van der Waals surface area (Å²) in [7, 11) is -4.58. The Bertz CT molecular complexity index is 1460. The van der Waals surface area contributed by atoms with Crippen LogP contribution < -0.4 is 15.2 Å². The number of benzene rings is 3. The van der Waals surface area contributed by atoms with E-state index in [2.05, 4.69) is 15.9 Å². The summed E-state index contributed by atoms with van der Waals surface area (Å²) in [5.41, 5.74) is 5.60. The zero-order chi connectivity index (χ0) is 28.7. The Hall–Kier alpha value is -2.93. The Morgan fingerprint density at radius 3 is 2.02 bits per heavy atom. The average Bonchev–Trinajstić information content (AvgIpc) is 3.19. The minimum Gasteiger partial charge on any atom is -0.457 e. The second-order valence-electron chi connectivity index (χ2n) is 10.1. The van der Waals surface area contributed by atoms with Gasteiger partial charge in [-0.15, -0.1) is 0 Å². The summed E-state index contributed by atoms with van der Waals surface area (Å²) in [5.74, 6) is -4.71. The van der Waals surface area contributed by atoms with Crippen molar-refractivity contribution in [2.45, 2.75) is 60.7 Å². The lowest BCUT2D eigenvalue weighted by Crippen LogP contribution is -2.60. The maximum absolute atomic E-state index is 16.0. The number of nitrogens with one attached hydrogen (secondary N) is 1. The van der Waals surface area contributed by atoms with E-state index < -0.39 is 39.3 Å². The number of ether oxygens (including phenoxy) is 1. The third kappa shape index (κ3) is 5.90. The van der Waals surface area contributed by atoms with Crippen LogP contribution in [0.4, 0.5) is 13.2 Å². The number of fused-ring (bicyclic) bond motifs is 2. The van der Waals surface area contributed by atoms with E-state index in [9.17, 15) is 17.6 Å². The molecule has 0 saturated carbocycles. The van der Waals surface area contributed by atoms with Crippen LogP contribution in [0.1, 0.15) is 31.2 Å². The lowest BCUT2D eigenvalue weighted by Gasteiger charge is -2.41. The summed E-state index contributed by atoms with van der Waals surface area (Å²) in [6.45, 7) is 0. The Morgan fingerprint density at radius 2 is 1.48 bits per heavy atom. The van der Waals surface area contributed by atoms with Gasteiger partial charge in [-0.25, -0.2) is 12.8 Å². The number of hydrogen-bond acceptors (Lipinski definition) is 5. The molecule has 3 N–H and O–H groups in total. The van der Waals surface area contributed by atoms with Crippen LogP contribution in [0, 0.1) is 5.82 Å². The van der Waals surface area contributed by atoms with Crippen molar-refractivity contribution in [3.63, 3.8) is 0 Å². The van der Waals surface area contributed by atoms with Crippen molar-refractivity contribution in [1.29, 1.82) is 0 Å². The van der Waals surface area contributed by atoms with Crippen LogP contribution in [0.3, 0.4) is 0 Å². The number of nitrogens with zero attached hydrogens (tertiary/aromatic N) is 1. The van der Waals surface area contributed by atoms with Gasteiger partial charge in [0, 0.05) is 28.2 Å². The fourth-order valence-corrected chi connectivity index (χ4v) is 6.85. The zero-order valence-corrected chi connectivity index (χ0v) is 23.5. The number of sulfonamides is 1. The molecule has 2 heterocycles. The highest BCUT2D eigenvalue weighted by Gasteiger charge is 2.53. The topological polar surface area (TPSA) is 102 Å². The number of hydrogen-bond donors (Lipinski definition) is 2. The Kier molecular flexibility index (Phi) is 7.97. The molecule has 1 amide bonds. The fraction of sp³-hybridized carbons (Fsp3) is 0.321. The second kappa shape index (κ2) is 11.2. The molecule has 212 valence electrons. The maximum atomic E-state index is 16.0. The molecule has 2 unspecified atom stereocenters. The Balaban J connectivity index is 1.43. The highest BCUT2D eigenvalue weighted by atomic mass is 79.9. The molecule has 2 aliphatic rings. The van der Waals surface area contributed by atoms with Gasteiger partial charge in [0.25, 0.3) is 5.92 Å². The summed E-state index contributed by atoms with van der Waals surface area (Å²) >= 11 is 3.21. The first-order chi connectivity index (χ1) is 18.9. The highest BCUT2D eigenvalue weighted by Crippen LogP contribution is 2.40. The largest absolute Gasteiger partial charge is 0.457 e. The van der Waals surface area contributed by atoms with E-state index in [1.165, 1.54) is 65.6 Å². The van der Waals surface area contributed by atoms with Crippen LogP contribution in [0.15, 0.2) is 82.2 Å². The van der Waals surface area contributed by atoms with Gasteiger partial charge in [0.15, 0.2) is 6.04 Å². The molecule has 3 aromatic rings. The predicted octanol–water partition coefficient (Wildman–Crippen LogP) is 5.30. The number of halogens is 4. The van der Waals surface area contributed by atoms with Gasteiger partial charge in [-0.2, -0.15) is 13.5 Å². The first-order valence-electron chi connectivity index (χ1n) is 12.7. The van der Waals surface area contributed by atoms with Crippen molar-refractivity contribution >= 4 is 31.9 Å². The summed E-state index contributed by atoms with van der Waals surface area (Å²) in [5, 5.41) is 0. The minimum atomic E-state index is -4.58. The first-order valence-corrected chi connectivity index (χ1v) is 15.0. The molecule has 0 spiro atoms. The second-order valence-corrected chi connectivity index (χ2v) is 12.7. The predicted molar refractivity (Wildman–Crippen MR) is 146 cm³/mol. The monoisotopic (exact) mass is 637 g/mol. The van der Waals surface area contributed by atoms with Crippen molar-refractivity contribution in [2.75, 3.05) is 0 Å². The van der Waals surface area contributed by atoms with Gasteiger partial charge in [-0.3, -0.25) is 4.79 Å². The first kappa shape index (κ1) is 28.6. The van der Waals surface area contributed by atoms with E-state index in [1.807, 2.05) is 4.72 Å². The van der Waals surface area contributed by atoms with Gasteiger partial charge < -0.3 is 15.4 Å². The van der Waals surface area contributed by atoms with Crippen LogP contribution >= 0.6 is 15.9 Å². The molecule has 0 radical (unpaired) electrons. The van der Waals surface area contributed by atoms with Gasteiger partial charge in [-0.05, 0) is 86.3 Å². The van der Waals surface area contributed by atoms with Crippen LogP contribution in [0.25, 0.3) is 0 Å². The number of carbonyl (C=O) groups excluding carboxylic acids is 1. The van der Waals surface area contributed by atoms with E-state index in [-0.39, 0.29) is 28.8 Å². The molecule has 2 aliphatic heterocycles. The molecule has 2 bridgehead atoms. The molecule has 3 atom stereocenters. The summed E-state index contributed by atoms with van der Waals surface area (Å²) in [6, 6.07) is 12.2. The van der Waals surface area contributed by atoms with Crippen LogP contribution in [0.5, 0.6) is 11.5 Å². The third-order valence-electron chi connectivity index (χ3n) is 7.32. The average molecular weight is 639 g/mol. The smallest absolute Gasteiger partial charge is 0.298 e. The molecular weight excluding hydrogens is 611 g/mol. The number of alkyl halides is 2. The molecule has 40 heavy (non-hydrogen) atoms. The Labute approximate surface area is 238 Å². The van der Waals surface area contributed by atoms with E-state index in [0.29, 0.717) is 35.9 Å². The van der Waals surface area contributed by atoms with Crippen molar-refractivity contribution in [2.24, 2.45) is 5.73 Å². The van der Waals surface area contributed by atoms with Crippen LogP contribution in [0.2, 0.25) is 0 Å². The zero-order valence-electron chi connectivity index (χ0n) is 21.1. The number of amides is 1. The van der Waals surface area contributed by atoms with E-state index >= 15 is 8.78 Å². The minimum absolute atomic E-state index is 0.140. The SMILES string of the molecule is NC1CC2CCC(C1)N2C(=O)[C@@H](NS(=O)(=O)c1ccc(Oc2ccc(F)cc2)cc1)C(F)(F)c1ccc(Br)cc1. The molecule has 3 aromatic carbocycles. The lowest BCUT2D eigenvalue weighted by molar-refractivity contribution is -0.149. The van der Waals surface area contributed by atoms with Crippen molar-refractivity contribution in [1.82, 2.24) is 9.62 Å². The molecule has 2 saturated heterocycles. The molecule has 12 heteroatoms. The Morgan fingerprint density at radius 1 is 0.950 bits per heavy atom. The fourth-order valence-electron chi connectivity index (χ4n) is 5.40. The van der Waals surface area contributed by atoms with Gasteiger partial charge in [0.05, 0.1) is 4.90 Å². The quantitative estimate of drug-likeness (QED) is 0.349. The van der Waals surface area contributed by atoms with Crippen molar-refractivity contribution in [3.8, 4) is 11.5 Å². The highest BCUT2D eigenvalue weighted by molar-refractivity contribution is 9.10. The molecule has 7 nitrogen and oxygen atoms in total.